The number of anilines is 2. The highest BCUT2D eigenvalue weighted by Crippen LogP contribution is 2.31. The van der Waals surface area contributed by atoms with Gasteiger partial charge in [0, 0.05) is 6.54 Å². The molecule has 2 nitrogen and oxygen atoms in total. The molecular formula is C11H15FN2. The molecule has 14 heavy (non-hydrogen) atoms. The zero-order chi connectivity index (χ0) is 10.2. The van der Waals surface area contributed by atoms with Gasteiger partial charge in [-0.1, -0.05) is 6.92 Å². The molecule has 0 saturated heterocycles. The van der Waals surface area contributed by atoms with Crippen LogP contribution in [0.2, 0.25) is 0 Å². The van der Waals surface area contributed by atoms with Gasteiger partial charge in [-0.05, 0) is 31.5 Å². The normalized spacial score (nSPS) is 24.8. The maximum Gasteiger partial charge on any atom is 0.125 e. The van der Waals surface area contributed by atoms with Crippen molar-refractivity contribution in [2.45, 2.75) is 25.8 Å². The number of fused-ring (bicyclic) bond motifs is 1. The molecule has 0 bridgehead atoms. The quantitative estimate of drug-likeness (QED) is 0.718. The Morgan fingerprint density at radius 3 is 2.93 bits per heavy atom. The van der Waals surface area contributed by atoms with E-state index in [9.17, 15) is 4.39 Å². The van der Waals surface area contributed by atoms with Gasteiger partial charge in [-0.2, -0.15) is 0 Å². The molecule has 76 valence electrons. The summed E-state index contributed by atoms with van der Waals surface area (Å²) in [5.74, 6) is -0.196. The zero-order valence-electron chi connectivity index (χ0n) is 8.52. The SMILES string of the molecule is CCC1(C)CNc2cc(F)ccc2N1. The molecule has 1 heterocycles. The Morgan fingerprint density at radius 2 is 2.21 bits per heavy atom. The minimum atomic E-state index is -0.196. The lowest BCUT2D eigenvalue weighted by molar-refractivity contribution is 0.512. The van der Waals surface area contributed by atoms with E-state index in [4.69, 9.17) is 0 Å². The molecule has 0 aliphatic carbocycles. The number of benzene rings is 1. The monoisotopic (exact) mass is 194 g/mol. The predicted octanol–water partition coefficient (Wildman–Crippen LogP) is 2.83. The Labute approximate surface area is 83.5 Å². The van der Waals surface area contributed by atoms with Crippen molar-refractivity contribution in [1.29, 1.82) is 0 Å². The van der Waals surface area contributed by atoms with E-state index in [-0.39, 0.29) is 11.4 Å². The van der Waals surface area contributed by atoms with Gasteiger partial charge in [0.2, 0.25) is 0 Å². The van der Waals surface area contributed by atoms with Crippen molar-refractivity contribution in [3.05, 3.63) is 24.0 Å². The van der Waals surface area contributed by atoms with E-state index in [0.29, 0.717) is 0 Å². The first-order valence-corrected chi connectivity index (χ1v) is 4.94. The van der Waals surface area contributed by atoms with Crippen LogP contribution in [0.15, 0.2) is 18.2 Å². The Kier molecular flexibility index (Phi) is 2.10. The number of rotatable bonds is 1. The van der Waals surface area contributed by atoms with Crippen molar-refractivity contribution in [2.24, 2.45) is 0 Å². The highest BCUT2D eigenvalue weighted by atomic mass is 19.1. The van der Waals surface area contributed by atoms with Crippen LogP contribution in [-0.4, -0.2) is 12.1 Å². The summed E-state index contributed by atoms with van der Waals surface area (Å²) < 4.78 is 12.9. The molecule has 1 atom stereocenters. The van der Waals surface area contributed by atoms with E-state index in [1.807, 2.05) is 0 Å². The van der Waals surface area contributed by atoms with Crippen LogP contribution in [0.3, 0.4) is 0 Å². The average molecular weight is 194 g/mol. The van der Waals surface area contributed by atoms with Crippen LogP contribution in [-0.2, 0) is 0 Å². The van der Waals surface area contributed by atoms with Crippen LogP contribution in [0.1, 0.15) is 20.3 Å². The zero-order valence-corrected chi connectivity index (χ0v) is 8.52. The van der Waals surface area contributed by atoms with Gasteiger partial charge in [0.25, 0.3) is 0 Å². The number of nitrogens with one attached hydrogen (secondary N) is 2. The minimum Gasteiger partial charge on any atom is -0.381 e. The van der Waals surface area contributed by atoms with Gasteiger partial charge in [0.15, 0.2) is 0 Å². The number of hydrogen-bond donors (Lipinski definition) is 2. The van der Waals surface area contributed by atoms with Crippen LogP contribution in [0.25, 0.3) is 0 Å². The molecule has 0 aromatic heterocycles. The molecule has 0 fully saturated rings. The summed E-state index contributed by atoms with van der Waals surface area (Å²) in [6.45, 7) is 5.13. The van der Waals surface area contributed by atoms with Gasteiger partial charge in [0.1, 0.15) is 5.82 Å². The smallest absolute Gasteiger partial charge is 0.125 e. The maximum atomic E-state index is 12.9. The summed E-state index contributed by atoms with van der Waals surface area (Å²) >= 11 is 0. The number of halogens is 1. The molecule has 1 aliphatic rings. The molecule has 0 radical (unpaired) electrons. The number of hydrogen-bond acceptors (Lipinski definition) is 2. The van der Waals surface area contributed by atoms with Gasteiger partial charge in [-0.15, -0.1) is 0 Å². The lowest BCUT2D eigenvalue weighted by Gasteiger charge is -2.37. The lowest BCUT2D eigenvalue weighted by Crippen LogP contribution is -2.44. The van der Waals surface area contributed by atoms with Crippen molar-refractivity contribution in [2.75, 3.05) is 17.2 Å². The minimum absolute atomic E-state index is 0.0742. The van der Waals surface area contributed by atoms with E-state index < -0.39 is 0 Å². The summed E-state index contributed by atoms with van der Waals surface area (Å²) in [6, 6.07) is 4.79. The fourth-order valence-corrected chi connectivity index (χ4v) is 1.64. The Morgan fingerprint density at radius 1 is 1.43 bits per heavy atom. The molecule has 1 aromatic rings. The van der Waals surface area contributed by atoms with Crippen molar-refractivity contribution < 1.29 is 4.39 Å². The van der Waals surface area contributed by atoms with E-state index in [1.165, 1.54) is 12.1 Å². The van der Waals surface area contributed by atoms with Crippen LogP contribution < -0.4 is 10.6 Å². The largest absolute Gasteiger partial charge is 0.381 e. The fraction of sp³-hybridized carbons (Fsp3) is 0.455. The van der Waals surface area contributed by atoms with Crippen LogP contribution in [0.5, 0.6) is 0 Å². The first kappa shape index (κ1) is 9.31. The summed E-state index contributed by atoms with van der Waals surface area (Å²) in [7, 11) is 0. The van der Waals surface area contributed by atoms with E-state index >= 15 is 0 Å². The second kappa shape index (κ2) is 3.15. The third kappa shape index (κ3) is 1.54. The Balaban J connectivity index is 2.31. The summed E-state index contributed by atoms with van der Waals surface area (Å²) in [5, 5.41) is 6.66. The first-order valence-electron chi connectivity index (χ1n) is 4.94. The molecule has 0 amide bonds. The summed E-state index contributed by atoms with van der Waals surface area (Å²) in [6.07, 6.45) is 1.04. The van der Waals surface area contributed by atoms with E-state index in [0.717, 1.165) is 24.3 Å². The lowest BCUT2D eigenvalue weighted by atomic mass is 9.95. The molecular weight excluding hydrogens is 179 g/mol. The molecule has 1 unspecified atom stereocenters. The van der Waals surface area contributed by atoms with Crippen LogP contribution in [0.4, 0.5) is 15.8 Å². The van der Waals surface area contributed by atoms with E-state index in [1.54, 1.807) is 6.07 Å². The predicted molar refractivity (Wildman–Crippen MR) is 57.2 cm³/mol. The molecule has 1 aromatic carbocycles. The molecule has 0 saturated carbocycles. The summed E-state index contributed by atoms with van der Waals surface area (Å²) in [5.41, 5.74) is 1.92. The summed E-state index contributed by atoms with van der Waals surface area (Å²) in [4.78, 5) is 0. The maximum absolute atomic E-state index is 12.9. The van der Waals surface area contributed by atoms with Gasteiger partial charge in [-0.25, -0.2) is 4.39 Å². The van der Waals surface area contributed by atoms with Gasteiger partial charge < -0.3 is 10.6 Å². The van der Waals surface area contributed by atoms with Crippen LogP contribution >= 0.6 is 0 Å². The van der Waals surface area contributed by atoms with Gasteiger partial charge in [0.05, 0.1) is 16.9 Å². The second-order valence-electron chi connectivity index (χ2n) is 4.08. The molecule has 2 rings (SSSR count). The Hall–Kier alpha value is -1.25. The average Bonchev–Trinajstić information content (AvgIpc) is 2.19. The van der Waals surface area contributed by atoms with Crippen molar-refractivity contribution in [3.8, 4) is 0 Å². The van der Waals surface area contributed by atoms with Crippen LogP contribution in [0, 0.1) is 5.82 Å². The van der Waals surface area contributed by atoms with Gasteiger partial charge >= 0.3 is 0 Å². The highest BCUT2D eigenvalue weighted by Gasteiger charge is 2.26. The first-order chi connectivity index (χ1) is 6.63. The van der Waals surface area contributed by atoms with Crippen molar-refractivity contribution in [3.63, 3.8) is 0 Å². The Bertz CT molecular complexity index is 351. The topological polar surface area (TPSA) is 24.1 Å². The van der Waals surface area contributed by atoms with E-state index in [2.05, 4.69) is 24.5 Å². The molecule has 1 aliphatic heterocycles. The van der Waals surface area contributed by atoms with Crippen molar-refractivity contribution >= 4 is 11.4 Å². The highest BCUT2D eigenvalue weighted by molar-refractivity contribution is 5.72. The van der Waals surface area contributed by atoms with Gasteiger partial charge in [-0.3, -0.25) is 0 Å². The standard InChI is InChI=1S/C11H15FN2/c1-3-11(2)7-13-10-6-8(12)4-5-9(10)14-11/h4-6,13-14H,3,7H2,1-2H3. The fourth-order valence-electron chi connectivity index (χ4n) is 1.64. The third-order valence-corrected chi connectivity index (χ3v) is 2.87. The molecule has 0 spiro atoms. The third-order valence-electron chi connectivity index (χ3n) is 2.87. The molecule has 3 heteroatoms. The molecule has 2 N–H and O–H groups in total. The second-order valence-corrected chi connectivity index (χ2v) is 4.08. The van der Waals surface area contributed by atoms with Crippen molar-refractivity contribution in [1.82, 2.24) is 0 Å².